The lowest BCUT2D eigenvalue weighted by atomic mass is 10.0. The number of benzene rings is 1. The van der Waals surface area contributed by atoms with Gasteiger partial charge in [0.05, 0.1) is 25.9 Å². The highest BCUT2D eigenvalue weighted by Gasteiger charge is 2.30. The number of pyridine rings is 1. The molecule has 1 aliphatic heterocycles. The maximum absolute atomic E-state index is 5.82. The molecule has 6 nitrogen and oxygen atoms in total. The fraction of sp³-hybridized carbons (Fsp3) is 0.238. The molecule has 1 atom stereocenters. The van der Waals surface area contributed by atoms with Gasteiger partial charge >= 0.3 is 0 Å². The molecule has 0 unspecified atom stereocenters. The van der Waals surface area contributed by atoms with Gasteiger partial charge in [-0.25, -0.2) is 0 Å². The summed E-state index contributed by atoms with van der Waals surface area (Å²) in [6.07, 6.45) is 5.75. The van der Waals surface area contributed by atoms with Crippen LogP contribution >= 0.6 is 12.2 Å². The van der Waals surface area contributed by atoms with Crippen molar-refractivity contribution >= 4 is 23.0 Å². The highest BCUT2D eigenvalue weighted by atomic mass is 32.1. The van der Waals surface area contributed by atoms with Gasteiger partial charge in [0.1, 0.15) is 11.5 Å². The molecule has 1 N–H and O–H groups in total. The van der Waals surface area contributed by atoms with E-state index in [9.17, 15) is 0 Å². The fourth-order valence-electron chi connectivity index (χ4n) is 3.60. The molecule has 3 heterocycles. The maximum Gasteiger partial charge on any atom is 0.174 e. The Bertz CT molecular complexity index is 974. The zero-order valence-corrected chi connectivity index (χ0v) is 16.6. The van der Waals surface area contributed by atoms with Crippen molar-refractivity contribution in [1.82, 2.24) is 14.5 Å². The molecule has 0 saturated carbocycles. The monoisotopic (exact) mass is 394 g/mol. The van der Waals surface area contributed by atoms with Gasteiger partial charge in [-0.2, -0.15) is 0 Å². The molecule has 3 aromatic rings. The molecule has 4 rings (SSSR count). The first kappa shape index (κ1) is 18.3. The van der Waals surface area contributed by atoms with E-state index in [1.165, 1.54) is 5.69 Å². The van der Waals surface area contributed by atoms with Gasteiger partial charge in [-0.05, 0) is 54.2 Å². The van der Waals surface area contributed by atoms with Crippen molar-refractivity contribution in [2.24, 2.45) is 0 Å². The smallest absolute Gasteiger partial charge is 0.174 e. The molecule has 0 fully saturated rings. The van der Waals surface area contributed by atoms with Crippen LogP contribution in [-0.2, 0) is 6.54 Å². The number of rotatable bonds is 4. The van der Waals surface area contributed by atoms with E-state index in [-0.39, 0.29) is 6.04 Å². The van der Waals surface area contributed by atoms with E-state index >= 15 is 0 Å². The van der Waals surface area contributed by atoms with E-state index in [0.717, 1.165) is 30.1 Å². The van der Waals surface area contributed by atoms with Crippen LogP contribution in [0.1, 0.15) is 17.3 Å². The molecule has 0 aliphatic carbocycles. The van der Waals surface area contributed by atoms with Crippen molar-refractivity contribution in [3.05, 3.63) is 72.3 Å². The van der Waals surface area contributed by atoms with E-state index in [1.807, 2.05) is 42.7 Å². The molecule has 1 aliphatic rings. The minimum atomic E-state index is 0.0170. The summed E-state index contributed by atoms with van der Waals surface area (Å²) in [6, 6.07) is 13.9. The number of ether oxygens (including phenoxy) is 2. The van der Waals surface area contributed by atoms with E-state index < -0.39 is 0 Å². The van der Waals surface area contributed by atoms with Crippen LogP contribution in [0.25, 0.3) is 0 Å². The summed E-state index contributed by atoms with van der Waals surface area (Å²) in [7, 11) is 3.28. The molecule has 28 heavy (non-hydrogen) atoms. The molecule has 0 amide bonds. The predicted molar refractivity (Wildman–Crippen MR) is 113 cm³/mol. The van der Waals surface area contributed by atoms with Crippen molar-refractivity contribution in [2.75, 3.05) is 26.1 Å². The Labute approximate surface area is 169 Å². The van der Waals surface area contributed by atoms with E-state index in [2.05, 4.69) is 38.1 Å². The Morgan fingerprint density at radius 1 is 1.11 bits per heavy atom. The Morgan fingerprint density at radius 3 is 2.68 bits per heavy atom. The van der Waals surface area contributed by atoms with Crippen molar-refractivity contribution in [3.8, 4) is 11.5 Å². The zero-order valence-electron chi connectivity index (χ0n) is 15.8. The lowest BCUT2D eigenvalue weighted by Gasteiger charge is -2.39. The van der Waals surface area contributed by atoms with Crippen LogP contribution in [0.5, 0.6) is 11.5 Å². The highest BCUT2D eigenvalue weighted by Crippen LogP contribution is 2.34. The molecular weight excluding hydrogens is 372 g/mol. The first-order valence-corrected chi connectivity index (χ1v) is 9.46. The van der Waals surface area contributed by atoms with Gasteiger partial charge in [-0.1, -0.05) is 0 Å². The standard InChI is InChI=1S/C21H22N4O2S/c1-26-16-5-6-19(27-2)17(14-16)23-21(28)25-13-12-24-11-3-4-18(24)20(25)15-7-9-22-10-8-15/h3-11,14,20H,12-13H2,1-2H3,(H,23,28)/t20-/m1/s1. The summed E-state index contributed by atoms with van der Waals surface area (Å²) < 4.78 is 13.1. The average molecular weight is 395 g/mol. The zero-order chi connectivity index (χ0) is 19.5. The van der Waals surface area contributed by atoms with Crippen molar-refractivity contribution in [1.29, 1.82) is 0 Å². The number of nitrogens with zero attached hydrogens (tertiary/aromatic N) is 3. The van der Waals surface area contributed by atoms with Crippen LogP contribution in [0.4, 0.5) is 5.69 Å². The fourth-order valence-corrected chi connectivity index (χ4v) is 3.90. The van der Waals surface area contributed by atoms with Crippen molar-refractivity contribution in [3.63, 3.8) is 0 Å². The van der Waals surface area contributed by atoms with Crippen LogP contribution in [0.2, 0.25) is 0 Å². The van der Waals surface area contributed by atoms with Gasteiger partial charge in [0.2, 0.25) is 0 Å². The second-order valence-corrected chi connectivity index (χ2v) is 6.89. The largest absolute Gasteiger partial charge is 0.497 e. The summed E-state index contributed by atoms with van der Waals surface area (Å²) in [5, 5.41) is 4.00. The molecule has 144 valence electrons. The minimum Gasteiger partial charge on any atom is -0.497 e. The van der Waals surface area contributed by atoms with E-state index in [1.54, 1.807) is 14.2 Å². The third kappa shape index (κ3) is 3.41. The SMILES string of the molecule is COc1ccc(OC)c(NC(=S)N2CCn3cccc3[C@H]2c2ccncc2)c1. The second-order valence-electron chi connectivity index (χ2n) is 6.50. The average Bonchev–Trinajstić information content (AvgIpc) is 3.22. The molecule has 1 aromatic carbocycles. The molecule has 7 heteroatoms. The topological polar surface area (TPSA) is 51.6 Å². The number of nitrogens with one attached hydrogen (secondary N) is 1. The van der Waals surface area contributed by atoms with Gasteiger partial charge < -0.3 is 24.3 Å². The van der Waals surface area contributed by atoms with Gasteiger partial charge in [0.25, 0.3) is 0 Å². The van der Waals surface area contributed by atoms with Crippen LogP contribution in [0.3, 0.4) is 0 Å². The Balaban J connectivity index is 1.67. The van der Waals surface area contributed by atoms with Crippen LogP contribution in [0, 0.1) is 0 Å². The number of hydrogen-bond acceptors (Lipinski definition) is 4. The minimum absolute atomic E-state index is 0.0170. The summed E-state index contributed by atoms with van der Waals surface area (Å²) >= 11 is 5.82. The summed E-state index contributed by atoms with van der Waals surface area (Å²) in [6.45, 7) is 1.67. The molecule has 2 aromatic heterocycles. The molecule has 0 saturated heterocycles. The number of thiocarbonyl (C=S) groups is 1. The van der Waals surface area contributed by atoms with Crippen molar-refractivity contribution in [2.45, 2.75) is 12.6 Å². The summed E-state index contributed by atoms with van der Waals surface area (Å²) in [4.78, 5) is 6.37. The Morgan fingerprint density at radius 2 is 1.93 bits per heavy atom. The van der Waals surface area contributed by atoms with Gasteiger partial charge in [0.15, 0.2) is 5.11 Å². The number of methoxy groups -OCH3 is 2. The number of anilines is 1. The van der Waals surface area contributed by atoms with Gasteiger partial charge in [0, 0.05) is 43.4 Å². The molecule has 0 spiro atoms. The highest BCUT2D eigenvalue weighted by molar-refractivity contribution is 7.80. The maximum atomic E-state index is 5.82. The Kier molecular flexibility index (Phi) is 5.16. The first-order valence-electron chi connectivity index (χ1n) is 9.06. The number of hydrogen-bond donors (Lipinski definition) is 1. The third-order valence-electron chi connectivity index (χ3n) is 4.97. The van der Waals surface area contributed by atoms with Crippen LogP contribution in [0.15, 0.2) is 61.1 Å². The second kappa shape index (κ2) is 7.90. The van der Waals surface area contributed by atoms with Crippen LogP contribution < -0.4 is 14.8 Å². The third-order valence-corrected chi connectivity index (χ3v) is 5.31. The van der Waals surface area contributed by atoms with Crippen LogP contribution in [-0.4, -0.2) is 40.3 Å². The lowest BCUT2D eigenvalue weighted by Crippen LogP contribution is -2.44. The number of fused-ring (bicyclic) bond motifs is 1. The number of aromatic nitrogens is 2. The Hall–Kier alpha value is -3.06. The lowest BCUT2D eigenvalue weighted by molar-refractivity contribution is 0.293. The van der Waals surface area contributed by atoms with Gasteiger partial charge in [-0.15, -0.1) is 0 Å². The van der Waals surface area contributed by atoms with Gasteiger partial charge in [-0.3, -0.25) is 4.98 Å². The molecule has 0 radical (unpaired) electrons. The summed E-state index contributed by atoms with van der Waals surface area (Å²) in [5.74, 6) is 1.45. The first-order chi connectivity index (χ1) is 13.7. The predicted octanol–water partition coefficient (Wildman–Crippen LogP) is 3.70. The quantitative estimate of drug-likeness (QED) is 0.681. The van der Waals surface area contributed by atoms with E-state index in [0.29, 0.717) is 10.9 Å². The normalized spacial score (nSPS) is 15.6. The van der Waals surface area contributed by atoms with E-state index in [4.69, 9.17) is 21.7 Å². The molecular formula is C21H22N4O2S. The van der Waals surface area contributed by atoms with Crippen molar-refractivity contribution < 1.29 is 9.47 Å². The molecule has 0 bridgehead atoms. The summed E-state index contributed by atoms with van der Waals surface area (Å²) in [5.41, 5.74) is 3.14.